The topological polar surface area (TPSA) is 32.7 Å². The van der Waals surface area contributed by atoms with E-state index < -0.39 is 5.60 Å². The molecule has 2 rings (SSSR count). The van der Waals surface area contributed by atoms with Crippen LogP contribution in [-0.4, -0.2) is 35.8 Å². The molecule has 1 atom stereocenters. The minimum Gasteiger partial charge on any atom is -0.497 e. The van der Waals surface area contributed by atoms with Crippen LogP contribution in [0.1, 0.15) is 32.8 Å². The first-order valence-corrected chi connectivity index (χ1v) is 7.02. The summed E-state index contributed by atoms with van der Waals surface area (Å²) in [6, 6.07) is 4.97. The van der Waals surface area contributed by atoms with Crippen LogP contribution in [0.25, 0.3) is 0 Å². The van der Waals surface area contributed by atoms with Gasteiger partial charge in [-0.15, -0.1) is 0 Å². The fourth-order valence-electron chi connectivity index (χ4n) is 2.68. The minimum atomic E-state index is -0.665. The summed E-state index contributed by atoms with van der Waals surface area (Å²) in [4.78, 5) is 2.20. The van der Waals surface area contributed by atoms with Gasteiger partial charge in [-0.2, -0.15) is 0 Å². The molecule has 0 saturated carbocycles. The molecule has 1 aliphatic rings. The SMILES string of the molecule is COc1ccc(CN2CC[C@@](C)(O)C(C)(C)C2)c(F)c1. The number of ether oxygens (including phenoxy) is 1. The van der Waals surface area contributed by atoms with E-state index in [4.69, 9.17) is 4.74 Å². The number of likely N-dealkylation sites (tertiary alicyclic amines) is 1. The highest BCUT2D eigenvalue weighted by atomic mass is 19.1. The second-order valence-electron chi connectivity index (χ2n) is 6.58. The second-order valence-corrected chi connectivity index (χ2v) is 6.58. The molecule has 1 heterocycles. The largest absolute Gasteiger partial charge is 0.497 e. The molecule has 1 aromatic rings. The van der Waals surface area contributed by atoms with Crippen molar-refractivity contribution in [2.24, 2.45) is 5.41 Å². The van der Waals surface area contributed by atoms with Crippen molar-refractivity contribution in [2.45, 2.75) is 39.3 Å². The van der Waals surface area contributed by atoms with Gasteiger partial charge in [-0.05, 0) is 19.4 Å². The predicted octanol–water partition coefficient (Wildman–Crippen LogP) is 2.82. The summed E-state index contributed by atoms with van der Waals surface area (Å²) < 4.78 is 19.0. The van der Waals surface area contributed by atoms with Crippen molar-refractivity contribution in [3.05, 3.63) is 29.6 Å². The number of hydrogen-bond acceptors (Lipinski definition) is 3. The molecule has 0 radical (unpaired) electrons. The Morgan fingerprint density at radius 2 is 2.05 bits per heavy atom. The molecule has 1 aliphatic heterocycles. The molecule has 0 unspecified atom stereocenters. The van der Waals surface area contributed by atoms with Gasteiger partial charge in [0, 0.05) is 36.7 Å². The van der Waals surface area contributed by atoms with Crippen LogP contribution in [0.5, 0.6) is 5.75 Å². The van der Waals surface area contributed by atoms with E-state index in [9.17, 15) is 9.50 Å². The Kier molecular flexibility index (Phi) is 4.07. The van der Waals surface area contributed by atoms with Crippen LogP contribution in [0.3, 0.4) is 0 Å². The molecule has 1 saturated heterocycles. The Balaban J connectivity index is 2.08. The molecule has 4 heteroatoms. The normalized spacial score (nSPS) is 26.5. The van der Waals surface area contributed by atoms with Crippen molar-refractivity contribution >= 4 is 0 Å². The van der Waals surface area contributed by atoms with Crippen molar-refractivity contribution < 1.29 is 14.2 Å². The van der Waals surface area contributed by atoms with Gasteiger partial charge in [-0.1, -0.05) is 19.9 Å². The molecule has 1 aromatic carbocycles. The van der Waals surface area contributed by atoms with Gasteiger partial charge < -0.3 is 9.84 Å². The molecular weight excluding hydrogens is 257 g/mol. The highest BCUT2D eigenvalue weighted by Gasteiger charge is 2.43. The Morgan fingerprint density at radius 3 is 2.60 bits per heavy atom. The van der Waals surface area contributed by atoms with Crippen molar-refractivity contribution in [1.29, 1.82) is 0 Å². The van der Waals surface area contributed by atoms with Gasteiger partial charge in [0.1, 0.15) is 11.6 Å². The highest BCUT2D eigenvalue weighted by molar-refractivity contribution is 5.28. The third kappa shape index (κ3) is 2.96. The maximum absolute atomic E-state index is 14.0. The fourth-order valence-corrected chi connectivity index (χ4v) is 2.68. The molecule has 0 spiro atoms. The molecule has 20 heavy (non-hydrogen) atoms. The third-order valence-corrected chi connectivity index (χ3v) is 4.65. The summed E-state index contributed by atoms with van der Waals surface area (Å²) in [5, 5.41) is 10.4. The summed E-state index contributed by atoms with van der Waals surface area (Å²) >= 11 is 0. The molecule has 0 bridgehead atoms. The van der Waals surface area contributed by atoms with Gasteiger partial charge in [-0.25, -0.2) is 4.39 Å². The Labute approximate surface area is 120 Å². The first-order valence-electron chi connectivity index (χ1n) is 7.02. The van der Waals surface area contributed by atoms with E-state index in [0.29, 0.717) is 24.3 Å². The van der Waals surface area contributed by atoms with E-state index in [-0.39, 0.29) is 11.2 Å². The van der Waals surface area contributed by atoms with Crippen LogP contribution in [0.2, 0.25) is 0 Å². The Bertz CT molecular complexity index is 485. The molecule has 3 nitrogen and oxygen atoms in total. The highest BCUT2D eigenvalue weighted by Crippen LogP contribution is 2.38. The Morgan fingerprint density at radius 1 is 1.35 bits per heavy atom. The molecule has 1 fully saturated rings. The minimum absolute atomic E-state index is 0.200. The molecule has 112 valence electrons. The van der Waals surface area contributed by atoms with E-state index in [0.717, 1.165) is 13.1 Å². The lowest BCUT2D eigenvalue weighted by molar-refractivity contribution is -0.107. The second kappa shape index (κ2) is 5.34. The number of rotatable bonds is 3. The van der Waals surface area contributed by atoms with Crippen molar-refractivity contribution in [2.75, 3.05) is 20.2 Å². The lowest BCUT2D eigenvalue weighted by Crippen LogP contribution is -2.55. The van der Waals surface area contributed by atoms with Gasteiger partial charge in [0.05, 0.1) is 12.7 Å². The first-order chi connectivity index (χ1) is 9.25. The van der Waals surface area contributed by atoms with E-state index in [1.165, 1.54) is 13.2 Å². The zero-order chi connectivity index (χ0) is 15.0. The molecule has 0 aromatic heterocycles. The summed E-state index contributed by atoms with van der Waals surface area (Å²) in [5.74, 6) is 0.299. The third-order valence-electron chi connectivity index (χ3n) is 4.65. The molecule has 0 amide bonds. The average molecular weight is 281 g/mol. The predicted molar refractivity (Wildman–Crippen MR) is 77.3 cm³/mol. The number of aliphatic hydroxyl groups is 1. The quantitative estimate of drug-likeness (QED) is 0.924. The van der Waals surface area contributed by atoms with Gasteiger partial charge in [0.15, 0.2) is 0 Å². The number of hydrogen-bond donors (Lipinski definition) is 1. The smallest absolute Gasteiger partial charge is 0.131 e. The number of methoxy groups -OCH3 is 1. The standard InChI is InChI=1S/C16H24FNO2/c1-15(2)11-18(8-7-16(15,3)19)10-12-5-6-13(20-4)9-14(12)17/h5-6,9,19H,7-8,10-11H2,1-4H3/t16-/m1/s1. The molecular formula is C16H24FNO2. The van der Waals surface area contributed by atoms with E-state index in [1.807, 2.05) is 6.92 Å². The van der Waals surface area contributed by atoms with Crippen LogP contribution in [0, 0.1) is 11.2 Å². The molecule has 0 aliphatic carbocycles. The van der Waals surface area contributed by atoms with Crippen LogP contribution in [0.4, 0.5) is 4.39 Å². The lowest BCUT2D eigenvalue weighted by atomic mass is 9.71. The van der Waals surface area contributed by atoms with Crippen LogP contribution < -0.4 is 4.74 Å². The number of halogens is 1. The number of piperidine rings is 1. The summed E-state index contributed by atoms with van der Waals surface area (Å²) in [6.45, 7) is 8.11. The zero-order valence-corrected chi connectivity index (χ0v) is 12.7. The summed E-state index contributed by atoms with van der Waals surface area (Å²) in [6.07, 6.45) is 0.706. The number of nitrogens with zero attached hydrogens (tertiary/aromatic N) is 1. The van der Waals surface area contributed by atoms with E-state index in [1.54, 1.807) is 12.1 Å². The fraction of sp³-hybridized carbons (Fsp3) is 0.625. The monoisotopic (exact) mass is 281 g/mol. The first kappa shape index (κ1) is 15.3. The van der Waals surface area contributed by atoms with Gasteiger partial charge in [0.2, 0.25) is 0 Å². The van der Waals surface area contributed by atoms with Gasteiger partial charge >= 0.3 is 0 Å². The van der Waals surface area contributed by atoms with Crippen LogP contribution in [0.15, 0.2) is 18.2 Å². The van der Waals surface area contributed by atoms with Crippen molar-refractivity contribution in [3.63, 3.8) is 0 Å². The van der Waals surface area contributed by atoms with Crippen molar-refractivity contribution in [3.8, 4) is 5.75 Å². The summed E-state index contributed by atoms with van der Waals surface area (Å²) in [7, 11) is 1.53. The van der Waals surface area contributed by atoms with Crippen LogP contribution in [-0.2, 0) is 6.54 Å². The maximum Gasteiger partial charge on any atom is 0.131 e. The average Bonchev–Trinajstić information content (AvgIpc) is 2.36. The molecule has 1 N–H and O–H groups in total. The van der Waals surface area contributed by atoms with Crippen LogP contribution >= 0.6 is 0 Å². The van der Waals surface area contributed by atoms with E-state index >= 15 is 0 Å². The van der Waals surface area contributed by atoms with Crippen molar-refractivity contribution in [1.82, 2.24) is 4.90 Å². The van der Waals surface area contributed by atoms with Gasteiger partial charge in [0.25, 0.3) is 0 Å². The zero-order valence-electron chi connectivity index (χ0n) is 12.7. The maximum atomic E-state index is 14.0. The Hall–Kier alpha value is -1.13. The summed E-state index contributed by atoms with van der Waals surface area (Å²) in [5.41, 5.74) is -0.195. The number of benzene rings is 1. The van der Waals surface area contributed by atoms with E-state index in [2.05, 4.69) is 18.7 Å². The van der Waals surface area contributed by atoms with Gasteiger partial charge in [-0.3, -0.25) is 4.90 Å². The lowest BCUT2D eigenvalue weighted by Gasteiger charge is -2.48.